The van der Waals surface area contributed by atoms with Crippen LogP contribution in [0.2, 0.25) is 0 Å². The number of carbonyl (C=O) groups excluding carboxylic acids is 1. The number of rotatable bonds is 4. The second kappa shape index (κ2) is 6.30. The normalized spacial score (nSPS) is 17.3. The van der Waals surface area contributed by atoms with E-state index in [0.717, 1.165) is 25.1 Å². The molecule has 1 aliphatic rings. The molecule has 2 aromatic rings. The Bertz CT molecular complexity index is 662. The minimum Gasteiger partial charge on any atom is -0.349 e. The molecule has 1 aliphatic carbocycles. The number of nitrogens with zero attached hydrogens (tertiary/aromatic N) is 3. The van der Waals surface area contributed by atoms with E-state index in [0.29, 0.717) is 6.54 Å². The van der Waals surface area contributed by atoms with Gasteiger partial charge in [0.15, 0.2) is 0 Å². The topological polar surface area (TPSA) is 59.8 Å². The number of hydrogen-bond donors (Lipinski definition) is 1. The molecule has 0 bridgehead atoms. The van der Waals surface area contributed by atoms with Crippen LogP contribution in [0.5, 0.6) is 0 Å². The summed E-state index contributed by atoms with van der Waals surface area (Å²) in [4.78, 5) is 16.6. The molecule has 0 radical (unpaired) electrons. The van der Waals surface area contributed by atoms with Crippen LogP contribution in [0.3, 0.4) is 0 Å². The zero-order valence-electron chi connectivity index (χ0n) is 13.1. The highest BCUT2D eigenvalue weighted by Crippen LogP contribution is 2.25. The van der Waals surface area contributed by atoms with Crippen LogP contribution < -0.4 is 5.32 Å². The van der Waals surface area contributed by atoms with E-state index in [4.69, 9.17) is 0 Å². The molecule has 1 unspecified atom stereocenters. The quantitative estimate of drug-likeness (QED) is 0.942. The first kappa shape index (κ1) is 14.8. The van der Waals surface area contributed by atoms with Crippen LogP contribution in [-0.4, -0.2) is 20.7 Å². The molecule has 116 valence electrons. The summed E-state index contributed by atoms with van der Waals surface area (Å²) < 4.78 is 1.84. The summed E-state index contributed by atoms with van der Waals surface area (Å²) in [6.45, 7) is 4.55. The third-order valence-corrected chi connectivity index (χ3v) is 4.27. The maximum absolute atomic E-state index is 12.4. The Morgan fingerprint density at radius 1 is 1.36 bits per heavy atom. The molecule has 5 nitrogen and oxygen atoms in total. The maximum atomic E-state index is 12.4. The van der Waals surface area contributed by atoms with Gasteiger partial charge in [0.2, 0.25) is 5.91 Å². The van der Waals surface area contributed by atoms with Gasteiger partial charge in [-0.1, -0.05) is 24.3 Å². The Morgan fingerprint density at radius 3 is 2.91 bits per heavy atom. The molecule has 0 saturated carbocycles. The van der Waals surface area contributed by atoms with Gasteiger partial charge in [0, 0.05) is 12.0 Å². The van der Waals surface area contributed by atoms with Gasteiger partial charge in [0.25, 0.3) is 0 Å². The van der Waals surface area contributed by atoms with Crippen molar-refractivity contribution in [3.8, 4) is 0 Å². The van der Waals surface area contributed by atoms with E-state index in [-0.39, 0.29) is 17.9 Å². The Hall–Kier alpha value is -2.17. The number of aryl methyl sites for hydroxylation is 1. The fourth-order valence-corrected chi connectivity index (χ4v) is 3.06. The van der Waals surface area contributed by atoms with Crippen molar-refractivity contribution in [3.63, 3.8) is 0 Å². The summed E-state index contributed by atoms with van der Waals surface area (Å²) in [6.07, 6.45) is 4.27. The van der Waals surface area contributed by atoms with E-state index in [2.05, 4.69) is 47.4 Å². The Kier molecular flexibility index (Phi) is 4.22. The van der Waals surface area contributed by atoms with Crippen molar-refractivity contribution in [3.05, 3.63) is 47.5 Å². The van der Waals surface area contributed by atoms with Crippen LogP contribution in [-0.2, 0) is 24.2 Å². The molecule has 1 atom stereocenters. The third-order valence-electron chi connectivity index (χ3n) is 4.27. The molecule has 3 rings (SSSR count). The van der Waals surface area contributed by atoms with Crippen LogP contribution >= 0.6 is 0 Å². The summed E-state index contributed by atoms with van der Waals surface area (Å²) >= 11 is 0. The molecule has 22 heavy (non-hydrogen) atoms. The number of carbonyl (C=O) groups is 1. The van der Waals surface area contributed by atoms with Crippen LogP contribution in [0.25, 0.3) is 0 Å². The monoisotopic (exact) mass is 298 g/mol. The average Bonchev–Trinajstić information content (AvgIpc) is 3.01. The van der Waals surface area contributed by atoms with Gasteiger partial charge >= 0.3 is 0 Å². The lowest BCUT2D eigenvalue weighted by Crippen LogP contribution is -2.34. The fraction of sp³-hybridized carbons (Fsp3) is 0.471. The second-order valence-corrected chi connectivity index (χ2v) is 6.14. The van der Waals surface area contributed by atoms with Crippen molar-refractivity contribution in [1.82, 2.24) is 20.1 Å². The van der Waals surface area contributed by atoms with Crippen molar-refractivity contribution >= 4 is 5.91 Å². The Labute approximate surface area is 130 Å². The van der Waals surface area contributed by atoms with Gasteiger partial charge in [-0.2, -0.15) is 5.10 Å². The van der Waals surface area contributed by atoms with Crippen molar-refractivity contribution in [2.45, 2.75) is 45.7 Å². The summed E-state index contributed by atoms with van der Waals surface area (Å²) in [5.41, 5.74) is 2.69. The molecule has 1 aromatic carbocycles. The standard InChI is InChI=1S/C17H22N4O/c1-12(2)21-16(19-11-20-21)10-18-17(22)15-8-7-13-5-3-4-6-14(13)9-15/h3-6,11-12,15H,7-10H2,1-2H3,(H,18,22). The first-order valence-corrected chi connectivity index (χ1v) is 7.88. The lowest BCUT2D eigenvalue weighted by Gasteiger charge is -2.23. The zero-order chi connectivity index (χ0) is 15.5. The number of nitrogens with one attached hydrogen (secondary N) is 1. The van der Waals surface area contributed by atoms with Crippen molar-refractivity contribution < 1.29 is 4.79 Å². The average molecular weight is 298 g/mol. The molecule has 0 spiro atoms. The van der Waals surface area contributed by atoms with E-state index in [9.17, 15) is 4.79 Å². The number of hydrogen-bond acceptors (Lipinski definition) is 3. The molecule has 1 N–H and O–H groups in total. The van der Waals surface area contributed by atoms with Crippen molar-refractivity contribution in [2.75, 3.05) is 0 Å². The second-order valence-electron chi connectivity index (χ2n) is 6.14. The lowest BCUT2D eigenvalue weighted by atomic mass is 9.83. The summed E-state index contributed by atoms with van der Waals surface area (Å²) in [6, 6.07) is 8.65. The lowest BCUT2D eigenvalue weighted by molar-refractivity contribution is -0.125. The molecule has 0 aliphatic heterocycles. The van der Waals surface area contributed by atoms with E-state index in [1.54, 1.807) is 6.33 Å². The highest BCUT2D eigenvalue weighted by Gasteiger charge is 2.24. The minimum absolute atomic E-state index is 0.0605. The van der Waals surface area contributed by atoms with Gasteiger partial charge in [-0.15, -0.1) is 0 Å². The van der Waals surface area contributed by atoms with Crippen molar-refractivity contribution in [1.29, 1.82) is 0 Å². The molecular formula is C17H22N4O. The van der Waals surface area contributed by atoms with Gasteiger partial charge in [-0.3, -0.25) is 4.79 Å². The Balaban J connectivity index is 1.60. The highest BCUT2D eigenvalue weighted by molar-refractivity contribution is 5.79. The van der Waals surface area contributed by atoms with Gasteiger partial charge in [0.1, 0.15) is 12.2 Å². The number of amides is 1. The predicted molar refractivity (Wildman–Crippen MR) is 84.2 cm³/mol. The SMILES string of the molecule is CC(C)n1ncnc1CNC(=O)C1CCc2ccccc2C1. The highest BCUT2D eigenvalue weighted by atomic mass is 16.1. The predicted octanol–water partition coefficient (Wildman–Crippen LogP) is 2.28. The Morgan fingerprint density at radius 2 is 2.14 bits per heavy atom. The third kappa shape index (κ3) is 3.03. The first-order chi connectivity index (χ1) is 10.6. The molecule has 1 aromatic heterocycles. The van der Waals surface area contributed by atoms with Crippen LogP contribution in [0, 0.1) is 5.92 Å². The molecule has 1 amide bonds. The fourth-order valence-electron chi connectivity index (χ4n) is 3.06. The van der Waals surface area contributed by atoms with Crippen LogP contribution in [0.4, 0.5) is 0 Å². The largest absolute Gasteiger partial charge is 0.349 e. The molecule has 0 fully saturated rings. The smallest absolute Gasteiger partial charge is 0.223 e. The van der Waals surface area contributed by atoms with E-state index < -0.39 is 0 Å². The van der Waals surface area contributed by atoms with Crippen LogP contribution in [0.1, 0.15) is 43.3 Å². The maximum Gasteiger partial charge on any atom is 0.223 e. The number of aromatic nitrogens is 3. The number of fused-ring (bicyclic) bond motifs is 1. The molecule has 5 heteroatoms. The zero-order valence-corrected chi connectivity index (χ0v) is 13.1. The molecule has 1 heterocycles. The van der Waals surface area contributed by atoms with Crippen molar-refractivity contribution in [2.24, 2.45) is 5.92 Å². The minimum atomic E-state index is 0.0605. The van der Waals surface area contributed by atoms with Crippen LogP contribution in [0.15, 0.2) is 30.6 Å². The van der Waals surface area contributed by atoms with E-state index in [1.165, 1.54) is 11.1 Å². The summed E-state index contributed by atoms with van der Waals surface area (Å²) in [7, 11) is 0. The molecular weight excluding hydrogens is 276 g/mol. The summed E-state index contributed by atoms with van der Waals surface area (Å²) in [5.74, 6) is 0.984. The molecule has 0 saturated heterocycles. The van der Waals surface area contributed by atoms with E-state index in [1.807, 2.05) is 10.7 Å². The van der Waals surface area contributed by atoms with E-state index >= 15 is 0 Å². The number of benzene rings is 1. The first-order valence-electron chi connectivity index (χ1n) is 7.88. The van der Waals surface area contributed by atoms with Gasteiger partial charge in [0.05, 0.1) is 6.54 Å². The van der Waals surface area contributed by atoms with Gasteiger partial charge in [-0.25, -0.2) is 9.67 Å². The van der Waals surface area contributed by atoms with Gasteiger partial charge in [-0.05, 0) is 44.2 Å². The van der Waals surface area contributed by atoms with Gasteiger partial charge < -0.3 is 5.32 Å². The summed E-state index contributed by atoms with van der Waals surface area (Å²) in [5, 5.41) is 7.21.